The average molecular weight is 420 g/mol. The van der Waals surface area contributed by atoms with Gasteiger partial charge in [-0.1, -0.05) is 11.6 Å². The first kappa shape index (κ1) is 20.9. The highest BCUT2D eigenvalue weighted by Gasteiger charge is 2.25. The van der Waals surface area contributed by atoms with Gasteiger partial charge in [-0.25, -0.2) is 0 Å². The number of anilines is 1. The molecule has 1 atom stereocenters. The second-order valence-corrected chi connectivity index (χ2v) is 7.11. The van der Waals surface area contributed by atoms with Crippen LogP contribution in [-0.2, 0) is 11.3 Å². The van der Waals surface area contributed by atoms with E-state index < -0.39 is 0 Å². The minimum absolute atomic E-state index is 0.124. The van der Waals surface area contributed by atoms with Crippen LogP contribution in [0.5, 0.6) is 5.75 Å². The molecular formula is C20H26ClN5O3. The van der Waals surface area contributed by atoms with Gasteiger partial charge in [0.25, 0.3) is 0 Å². The second kappa shape index (κ2) is 10.1. The van der Waals surface area contributed by atoms with Gasteiger partial charge < -0.3 is 30.0 Å². The summed E-state index contributed by atoms with van der Waals surface area (Å²) in [6.07, 6.45) is 2.51. The molecule has 1 aromatic heterocycles. The van der Waals surface area contributed by atoms with Crippen LogP contribution >= 0.6 is 11.6 Å². The lowest BCUT2D eigenvalue weighted by Gasteiger charge is -2.22. The van der Waals surface area contributed by atoms with Crippen LogP contribution in [0.4, 0.5) is 5.69 Å². The fourth-order valence-electron chi connectivity index (χ4n) is 3.22. The molecule has 3 N–H and O–H groups in total. The van der Waals surface area contributed by atoms with Gasteiger partial charge in [0.2, 0.25) is 5.91 Å². The Morgan fingerprint density at radius 2 is 2.24 bits per heavy atom. The number of carbonyl (C=O) groups excluding carboxylic acids is 1. The smallest absolute Gasteiger partial charge is 0.239 e. The molecule has 1 saturated heterocycles. The summed E-state index contributed by atoms with van der Waals surface area (Å²) in [6.45, 7) is 2.13. The molecule has 2 aromatic rings. The van der Waals surface area contributed by atoms with Crippen molar-refractivity contribution in [2.75, 3.05) is 38.7 Å². The van der Waals surface area contributed by atoms with E-state index in [1.54, 1.807) is 26.5 Å². The first-order valence-corrected chi connectivity index (χ1v) is 9.81. The lowest BCUT2D eigenvalue weighted by Crippen LogP contribution is -2.47. The fourth-order valence-corrected chi connectivity index (χ4v) is 3.39. The van der Waals surface area contributed by atoms with Gasteiger partial charge in [-0.05, 0) is 36.8 Å². The van der Waals surface area contributed by atoms with E-state index in [-0.39, 0.29) is 18.5 Å². The number of furan rings is 1. The van der Waals surface area contributed by atoms with Crippen LogP contribution in [0.25, 0.3) is 0 Å². The second-order valence-electron chi connectivity index (χ2n) is 6.67. The molecule has 8 nitrogen and oxygen atoms in total. The van der Waals surface area contributed by atoms with Crippen molar-refractivity contribution in [1.29, 1.82) is 0 Å². The number of guanidine groups is 1. The maximum Gasteiger partial charge on any atom is 0.239 e. The summed E-state index contributed by atoms with van der Waals surface area (Å²) in [5.74, 6) is 1.96. The van der Waals surface area contributed by atoms with E-state index in [1.165, 1.54) is 0 Å². The van der Waals surface area contributed by atoms with Gasteiger partial charge in [0.05, 0.1) is 32.1 Å². The zero-order chi connectivity index (χ0) is 20.6. The zero-order valence-electron chi connectivity index (χ0n) is 16.6. The van der Waals surface area contributed by atoms with Gasteiger partial charge in [0.1, 0.15) is 11.5 Å². The molecule has 0 spiro atoms. The van der Waals surface area contributed by atoms with Crippen molar-refractivity contribution in [3.05, 3.63) is 47.4 Å². The zero-order valence-corrected chi connectivity index (χ0v) is 17.3. The summed E-state index contributed by atoms with van der Waals surface area (Å²) in [6, 6.07) is 9.40. The van der Waals surface area contributed by atoms with Crippen molar-refractivity contribution in [3.8, 4) is 5.75 Å². The van der Waals surface area contributed by atoms with Crippen molar-refractivity contribution in [3.63, 3.8) is 0 Å². The molecule has 1 unspecified atom stereocenters. The third kappa shape index (κ3) is 5.80. The number of nitrogens with one attached hydrogen (secondary N) is 3. The summed E-state index contributed by atoms with van der Waals surface area (Å²) >= 11 is 6.15. The van der Waals surface area contributed by atoms with E-state index in [1.807, 2.05) is 24.3 Å². The Labute approximate surface area is 175 Å². The van der Waals surface area contributed by atoms with Crippen molar-refractivity contribution in [2.24, 2.45) is 4.99 Å². The molecule has 1 aromatic carbocycles. The Kier molecular flexibility index (Phi) is 7.24. The lowest BCUT2D eigenvalue weighted by molar-refractivity contribution is -0.120. The average Bonchev–Trinajstić information content (AvgIpc) is 3.41. The van der Waals surface area contributed by atoms with Crippen molar-refractivity contribution in [2.45, 2.75) is 19.0 Å². The fraction of sp³-hybridized carbons (Fsp3) is 0.400. The maximum absolute atomic E-state index is 12.0. The molecule has 9 heteroatoms. The van der Waals surface area contributed by atoms with E-state index in [9.17, 15) is 4.79 Å². The number of aliphatic imine (C=N–C) groups is 1. The monoisotopic (exact) mass is 419 g/mol. The Bertz CT molecular complexity index is 841. The van der Waals surface area contributed by atoms with Crippen LogP contribution in [0.1, 0.15) is 12.2 Å². The third-order valence-electron chi connectivity index (χ3n) is 4.69. The summed E-state index contributed by atoms with van der Waals surface area (Å²) in [5, 5.41) is 9.88. The minimum atomic E-state index is -0.138. The number of methoxy groups -OCH3 is 1. The van der Waals surface area contributed by atoms with Gasteiger partial charge >= 0.3 is 0 Å². The summed E-state index contributed by atoms with van der Waals surface area (Å²) in [7, 11) is 3.34. The molecule has 1 amide bonds. The molecule has 0 bridgehead atoms. The van der Waals surface area contributed by atoms with E-state index in [4.69, 9.17) is 20.8 Å². The maximum atomic E-state index is 12.0. The summed E-state index contributed by atoms with van der Waals surface area (Å²) in [4.78, 5) is 18.4. The molecule has 3 rings (SSSR count). The number of rotatable bonds is 7. The predicted molar refractivity (Wildman–Crippen MR) is 114 cm³/mol. The Hall–Kier alpha value is -2.87. The number of benzene rings is 1. The number of ether oxygens (including phenoxy) is 1. The van der Waals surface area contributed by atoms with E-state index in [0.29, 0.717) is 23.3 Å². The number of nitrogens with zero attached hydrogens (tertiary/aromatic N) is 2. The number of amides is 1. The van der Waals surface area contributed by atoms with Crippen LogP contribution in [0.3, 0.4) is 0 Å². The number of hydrogen-bond donors (Lipinski definition) is 3. The van der Waals surface area contributed by atoms with Crippen LogP contribution in [0.15, 0.2) is 46.0 Å². The highest BCUT2D eigenvalue weighted by atomic mass is 35.5. The van der Waals surface area contributed by atoms with Crippen molar-refractivity contribution >= 4 is 29.2 Å². The first-order valence-electron chi connectivity index (χ1n) is 9.43. The largest absolute Gasteiger partial charge is 0.495 e. The molecule has 0 saturated carbocycles. The molecule has 2 heterocycles. The van der Waals surface area contributed by atoms with Gasteiger partial charge in [-0.15, -0.1) is 0 Å². The molecular weight excluding hydrogens is 394 g/mol. The summed E-state index contributed by atoms with van der Waals surface area (Å²) < 4.78 is 10.7. The number of halogens is 1. The van der Waals surface area contributed by atoms with Gasteiger partial charge in [0, 0.05) is 31.2 Å². The van der Waals surface area contributed by atoms with E-state index >= 15 is 0 Å². The molecule has 1 fully saturated rings. The third-order valence-corrected chi connectivity index (χ3v) is 4.93. The van der Waals surface area contributed by atoms with Crippen LogP contribution < -0.4 is 25.6 Å². The van der Waals surface area contributed by atoms with Crippen LogP contribution in [-0.4, -0.2) is 51.7 Å². The van der Waals surface area contributed by atoms with E-state index in [0.717, 1.165) is 30.9 Å². The minimum Gasteiger partial charge on any atom is -0.495 e. The molecule has 1 aliphatic rings. The molecule has 0 radical (unpaired) electrons. The molecule has 0 aliphatic carbocycles. The highest BCUT2D eigenvalue weighted by Crippen LogP contribution is 2.33. The van der Waals surface area contributed by atoms with Gasteiger partial charge in [-0.2, -0.15) is 0 Å². The van der Waals surface area contributed by atoms with Gasteiger partial charge in [0.15, 0.2) is 5.96 Å². The standard InChI is InChI=1S/C20H26ClN5O3/c1-22-20(24-12-19(27)23-11-16-4-3-9-29-16)25-15-7-8-26(13-15)17-10-14(21)5-6-18(17)28-2/h3-6,9-10,15H,7-8,11-13H2,1-2H3,(H,23,27)(H2,22,24,25). The molecule has 156 valence electrons. The Morgan fingerprint density at radius 1 is 1.38 bits per heavy atom. The first-order chi connectivity index (χ1) is 14.1. The quantitative estimate of drug-likeness (QED) is 0.469. The van der Waals surface area contributed by atoms with Crippen LogP contribution in [0, 0.1) is 0 Å². The van der Waals surface area contributed by atoms with Crippen LogP contribution in [0.2, 0.25) is 5.02 Å². The predicted octanol–water partition coefficient (Wildman–Crippen LogP) is 2.00. The van der Waals surface area contributed by atoms with Crippen molar-refractivity contribution in [1.82, 2.24) is 16.0 Å². The number of carbonyl (C=O) groups is 1. The SMILES string of the molecule is CN=C(NCC(=O)NCc1ccco1)NC1CCN(c2cc(Cl)ccc2OC)C1. The molecule has 29 heavy (non-hydrogen) atoms. The van der Waals surface area contributed by atoms with Crippen molar-refractivity contribution < 1.29 is 13.9 Å². The highest BCUT2D eigenvalue weighted by molar-refractivity contribution is 6.30. The number of hydrogen-bond acceptors (Lipinski definition) is 5. The molecule has 1 aliphatic heterocycles. The Morgan fingerprint density at radius 3 is 2.97 bits per heavy atom. The van der Waals surface area contributed by atoms with E-state index in [2.05, 4.69) is 25.8 Å². The lowest BCUT2D eigenvalue weighted by atomic mass is 10.2. The Balaban J connectivity index is 1.47. The van der Waals surface area contributed by atoms with Gasteiger partial charge in [-0.3, -0.25) is 9.79 Å². The summed E-state index contributed by atoms with van der Waals surface area (Å²) in [5.41, 5.74) is 0.976. The normalized spacial score (nSPS) is 16.6. The topological polar surface area (TPSA) is 91.1 Å².